The molecule has 0 saturated carbocycles. The van der Waals surface area contributed by atoms with E-state index in [1.54, 1.807) is 7.11 Å². The number of hydrogen-bond donors (Lipinski definition) is 2. The van der Waals surface area contributed by atoms with Crippen LogP contribution in [0.15, 0.2) is 66.7 Å². The van der Waals surface area contributed by atoms with Gasteiger partial charge in [-0.05, 0) is 12.0 Å². The minimum absolute atomic E-state index is 0.706. The van der Waals surface area contributed by atoms with Crippen molar-refractivity contribution in [2.24, 2.45) is 0 Å². The molecule has 0 bridgehead atoms. The Labute approximate surface area is 154 Å². The molecule has 3 rings (SSSR count). The molecule has 0 spiro atoms. The zero-order valence-corrected chi connectivity index (χ0v) is 15.0. The van der Waals surface area contributed by atoms with Crippen LogP contribution in [0.1, 0.15) is 12.0 Å². The lowest BCUT2D eigenvalue weighted by Crippen LogP contribution is -2.09. The van der Waals surface area contributed by atoms with E-state index < -0.39 is 0 Å². The molecule has 134 valence electrons. The fraction of sp³-hybridized carbons (Fsp3) is 0.238. The van der Waals surface area contributed by atoms with Crippen LogP contribution in [0.5, 0.6) is 0 Å². The van der Waals surface area contributed by atoms with Crippen molar-refractivity contribution in [1.29, 1.82) is 0 Å². The van der Waals surface area contributed by atoms with Crippen molar-refractivity contribution in [3.63, 3.8) is 0 Å². The van der Waals surface area contributed by atoms with Crippen LogP contribution >= 0.6 is 0 Å². The van der Waals surface area contributed by atoms with Gasteiger partial charge in [0.1, 0.15) is 11.6 Å². The highest BCUT2D eigenvalue weighted by molar-refractivity contribution is 5.61. The quantitative estimate of drug-likeness (QED) is 0.568. The molecule has 0 aliphatic rings. The number of hydrogen-bond acceptors (Lipinski definition) is 5. The number of aromatic nitrogens is 2. The lowest BCUT2D eigenvalue weighted by molar-refractivity contribution is 0.198. The van der Waals surface area contributed by atoms with Crippen molar-refractivity contribution in [3.05, 3.63) is 72.3 Å². The molecule has 0 unspecified atom stereocenters. The molecule has 0 radical (unpaired) electrons. The zero-order valence-electron chi connectivity index (χ0n) is 15.0. The van der Waals surface area contributed by atoms with Crippen LogP contribution in [0, 0.1) is 0 Å². The fourth-order valence-electron chi connectivity index (χ4n) is 2.57. The first kappa shape index (κ1) is 17.9. The van der Waals surface area contributed by atoms with Crippen LogP contribution in [-0.4, -0.2) is 30.2 Å². The summed E-state index contributed by atoms with van der Waals surface area (Å²) in [6.07, 6.45) is 0.925. The normalized spacial score (nSPS) is 10.5. The van der Waals surface area contributed by atoms with Gasteiger partial charge in [0.2, 0.25) is 0 Å². The summed E-state index contributed by atoms with van der Waals surface area (Å²) in [4.78, 5) is 9.33. The third-order valence-corrected chi connectivity index (χ3v) is 3.91. The Morgan fingerprint density at radius 2 is 1.50 bits per heavy atom. The van der Waals surface area contributed by atoms with Crippen molar-refractivity contribution in [1.82, 2.24) is 9.97 Å². The van der Waals surface area contributed by atoms with E-state index in [9.17, 15) is 0 Å². The first-order valence-electron chi connectivity index (χ1n) is 8.80. The molecule has 0 atom stereocenters. The van der Waals surface area contributed by atoms with Gasteiger partial charge in [-0.15, -0.1) is 0 Å². The van der Waals surface area contributed by atoms with Gasteiger partial charge in [0.05, 0.1) is 0 Å². The first-order valence-corrected chi connectivity index (χ1v) is 8.80. The fourth-order valence-corrected chi connectivity index (χ4v) is 2.57. The van der Waals surface area contributed by atoms with Gasteiger partial charge in [-0.25, -0.2) is 9.97 Å². The minimum Gasteiger partial charge on any atom is -0.385 e. The molecule has 1 aromatic heterocycles. The summed E-state index contributed by atoms with van der Waals surface area (Å²) in [6.45, 7) is 2.25. The lowest BCUT2D eigenvalue weighted by Gasteiger charge is -2.12. The maximum Gasteiger partial charge on any atom is 0.163 e. The highest BCUT2D eigenvalue weighted by Gasteiger charge is 2.07. The summed E-state index contributed by atoms with van der Waals surface area (Å²) in [5.74, 6) is 2.32. The smallest absolute Gasteiger partial charge is 0.163 e. The van der Waals surface area contributed by atoms with E-state index in [0.717, 1.165) is 43.3 Å². The van der Waals surface area contributed by atoms with E-state index in [0.29, 0.717) is 5.82 Å². The van der Waals surface area contributed by atoms with E-state index in [4.69, 9.17) is 4.74 Å². The summed E-state index contributed by atoms with van der Waals surface area (Å²) < 4.78 is 5.10. The number of nitrogens with zero attached hydrogens (tertiary/aromatic N) is 2. The summed E-state index contributed by atoms with van der Waals surface area (Å²) in [7, 11) is 1.71. The van der Waals surface area contributed by atoms with E-state index in [1.807, 2.05) is 54.6 Å². The predicted molar refractivity (Wildman–Crippen MR) is 106 cm³/mol. The van der Waals surface area contributed by atoms with Crippen LogP contribution < -0.4 is 10.6 Å². The Kier molecular flexibility index (Phi) is 6.56. The summed E-state index contributed by atoms with van der Waals surface area (Å²) in [5, 5.41) is 6.75. The van der Waals surface area contributed by atoms with Crippen molar-refractivity contribution in [2.75, 3.05) is 30.9 Å². The topological polar surface area (TPSA) is 59.1 Å². The Morgan fingerprint density at radius 3 is 2.19 bits per heavy atom. The highest BCUT2D eigenvalue weighted by atomic mass is 16.5. The van der Waals surface area contributed by atoms with Gasteiger partial charge in [-0.3, -0.25) is 0 Å². The first-order chi connectivity index (χ1) is 12.8. The molecular formula is C21H24N4O. The monoisotopic (exact) mass is 348 g/mol. The van der Waals surface area contributed by atoms with Crippen LogP contribution in [0.2, 0.25) is 0 Å². The molecule has 0 aliphatic heterocycles. The maximum absolute atomic E-state index is 5.10. The number of nitrogens with one attached hydrogen (secondary N) is 2. The zero-order chi connectivity index (χ0) is 18.0. The molecule has 2 aromatic carbocycles. The van der Waals surface area contributed by atoms with E-state index in [-0.39, 0.29) is 0 Å². The molecule has 26 heavy (non-hydrogen) atoms. The molecule has 0 saturated heterocycles. The van der Waals surface area contributed by atoms with Gasteiger partial charge < -0.3 is 15.4 Å². The van der Waals surface area contributed by atoms with Gasteiger partial charge >= 0.3 is 0 Å². The number of ether oxygens (including phenoxy) is 1. The maximum atomic E-state index is 5.10. The average Bonchev–Trinajstić information content (AvgIpc) is 2.71. The van der Waals surface area contributed by atoms with E-state index in [1.165, 1.54) is 5.56 Å². The van der Waals surface area contributed by atoms with Gasteiger partial charge in [-0.2, -0.15) is 0 Å². The largest absolute Gasteiger partial charge is 0.385 e. The van der Waals surface area contributed by atoms with Crippen LogP contribution in [-0.2, 0) is 11.3 Å². The van der Waals surface area contributed by atoms with Crippen LogP contribution in [0.4, 0.5) is 11.6 Å². The number of rotatable bonds is 9. The van der Waals surface area contributed by atoms with Gasteiger partial charge in [0.25, 0.3) is 0 Å². The third kappa shape index (κ3) is 5.29. The van der Waals surface area contributed by atoms with Crippen LogP contribution in [0.25, 0.3) is 11.4 Å². The second-order valence-corrected chi connectivity index (χ2v) is 5.94. The van der Waals surface area contributed by atoms with Gasteiger partial charge in [-0.1, -0.05) is 60.7 Å². The Hall–Kier alpha value is -2.92. The lowest BCUT2D eigenvalue weighted by atomic mass is 10.2. The standard InChI is InChI=1S/C21H24N4O/c1-26-14-8-13-22-19-15-20(23-16-17-9-4-2-5-10-17)25-21(24-19)18-11-6-3-7-12-18/h2-7,9-12,15H,8,13-14,16H2,1H3,(H2,22,23,24,25). The van der Waals surface area contributed by atoms with Crippen molar-refractivity contribution < 1.29 is 4.74 Å². The molecule has 2 N–H and O–H groups in total. The molecule has 1 heterocycles. The Bertz CT molecular complexity index is 794. The van der Waals surface area contributed by atoms with Crippen molar-refractivity contribution in [2.45, 2.75) is 13.0 Å². The molecule has 5 nitrogen and oxygen atoms in total. The average molecular weight is 348 g/mol. The van der Waals surface area contributed by atoms with E-state index >= 15 is 0 Å². The second kappa shape index (κ2) is 9.53. The number of methoxy groups -OCH3 is 1. The Morgan fingerprint density at radius 1 is 0.846 bits per heavy atom. The molecule has 0 aliphatic carbocycles. The molecule has 0 amide bonds. The summed E-state index contributed by atoms with van der Waals surface area (Å²) in [5.41, 5.74) is 2.21. The highest BCUT2D eigenvalue weighted by Crippen LogP contribution is 2.20. The second-order valence-electron chi connectivity index (χ2n) is 5.94. The third-order valence-electron chi connectivity index (χ3n) is 3.91. The molecule has 3 aromatic rings. The van der Waals surface area contributed by atoms with E-state index in [2.05, 4.69) is 32.7 Å². The van der Waals surface area contributed by atoms with Crippen molar-refractivity contribution in [3.8, 4) is 11.4 Å². The number of benzene rings is 2. The molecular weight excluding hydrogens is 324 g/mol. The molecule has 0 fully saturated rings. The minimum atomic E-state index is 0.706. The summed E-state index contributed by atoms with van der Waals surface area (Å²) in [6, 6.07) is 22.2. The van der Waals surface area contributed by atoms with Crippen LogP contribution in [0.3, 0.4) is 0 Å². The number of anilines is 2. The van der Waals surface area contributed by atoms with Gasteiger partial charge in [0.15, 0.2) is 5.82 Å². The van der Waals surface area contributed by atoms with Crippen molar-refractivity contribution >= 4 is 11.6 Å². The SMILES string of the molecule is COCCCNc1cc(NCc2ccccc2)nc(-c2ccccc2)n1. The predicted octanol–water partition coefficient (Wildman–Crippen LogP) is 4.20. The van der Waals surface area contributed by atoms with Gasteiger partial charge in [0, 0.05) is 38.4 Å². The Balaban J connectivity index is 1.77. The summed E-state index contributed by atoms with van der Waals surface area (Å²) >= 11 is 0. The molecule has 5 heteroatoms.